The number of anilines is 1. The van der Waals surface area contributed by atoms with Crippen LogP contribution < -0.4 is 4.90 Å². The molecule has 132 valence electrons. The predicted octanol–water partition coefficient (Wildman–Crippen LogP) is 4.94. The van der Waals surface area contributed by atoms with Gasteiger partial charge in [0, 0.05) is 25.7 Å². The summed E-state index contributed by atoms with van der Waals surface area (Å²) in [7, 11) is 4.05. The van der Waals surface area contributed by atoms with Gasteiger partial charge < -0.3 is 10.0 Å². The average molecular weight is 345 g/mol. The van der Waals surface area contributed by atoms with E-state index in [1.54, 1.807) is 12.1 Å². The van der Waals surface area contributed by atoms with E-state index in [0.717, 1.165) is 11.3 Å². The Morgan fingerprint density at radius 2 is 1.19 bits per heavy atom. The summed E-state index contributed by atoms with van der Waals surface area (Å²) < 4.78 is 0. The van der Waals surface area contributed by atoms with Crippen molar-refractivity contribution in [1.82, 2.24) is 0 Å². The topological polar surface area (TPSA) is 40.5 Å². The van der Waals surface area contributed by atoms with Gasteiger partial charge >= 0.3 is 5.97 Å². The predicted molar refractivity (Wildman–Crippen MR) is 106 cm³/mol. The van der Waals surface area contributed by atoms with Crippen LogP contribution in [0.5, 0.6) is 0 Å². The van der Waals surface area contributed by atoms with Crippen molar-refractivity contribution in [3.63, 3.8) is 0 Å². The molecule has 0 spiro atoms. The summed E-state index contributed by atoms with van der Waals surface area (Å²) in [5.74, 6) is -0.839. The number of carboxylic acid groups (broad SMARTS) is 1. The van der Waals surface area contributed by atoms with E-state index in [1.807, 2.05) is 26.2 Å². The number of rotatable bonds is 5. The smallest absolute Gasteiger partial charge is 0.335 e. The maximum atomic E-state index is 11.2. The van der Waals surface area contributed by atoms with Crippen LogP contribution >= 0.6 is 0 Å². The van der Waals surface area contributed by atoms with Gasteiger partial charge in [0.15, 0.2) is 0 Å². The van der Waals surface area contributed by atoms with E-state index in [-0.39, 0.29) is 5.92 Å². The Kier molecular flexibility index (Phi) is 5.08. The number of aryl methyl sites for hydroxylation is 1. The fraction of sp³-hybridized carbons (Fsp3) is 0.174. The number of benzene rings is 3. The molecule has 3 heteroatoms. The lowest BCUT2D eigenvalue weighted by atomic mass is 9.84. The lowest BCUT2D eigenvalue weighted by Gasteiger charge is -2.21. The highest BCUT2D eigenvalue weighted by Crippen LogP contribution is 2.33. The molecule has 3 aromatic carbocycles. The summed E-state index contributed by atoms with van der Waals surface area (Å²) in [5.41, 5.74) is 6.13. The molecule has 1 unspecified atom stereocenters. The number of carbonyl (C=O) groups is 1. The molecule has 0 heterocycles. The van der Waals surface area contributed by atoms with E-state index in [2.05, 4.69) is 60.4 Å². The summed E-state index contributed by atoms with van der Waals surface area (Å²) >= 11 is 0. The van der Waals surface area contributed by atoms with Gasteiger partial charge in [-0.1, -0.05) is 54.1 Å². The third-order valence-electron chi connectivity index (χ3n) is 4.64. The molecular formula is C23H23NO2. The van der Waals surface area contributed by atoms with E-state index < -0.39 is 5.97 Å². The van der Waals surface area contributed by atoms with E-state index in [4.69, 9.17) is 5.11 Å². The lowest BCUT2D eigenvalue weighted by Crippen LogP contribution is -2.09. The summed E-state index contributed by atoms with van der Waals surface area (Å²) in [6.45, 7) is 2.08. The molecule has 1 atom stereocenters. The Morgan fingerprint density at radius 3 is 1.62 bits per heavy atom. The van der Waals surface area contributed by atoms with Crippen LogP contribution in [0.25, 0.3) is 0 Å². The molecule has 0 saturated heterocycles. The molecule has 0 aromatic heterocycles. The minimum absolute atomic E-state index is 0.0645. The summed E-state index contributed by atoms with van der Waals surface area (Å²) in [5, 5.41) is 9.16. The van der Waals surface area contributed by atoms with Gasteiger partial charge in [0.05, 0.1) is 5.56 Å². The van der Waals surface area contributed by atoms with Gasteiger partial charge in [0.1, 0.15) is 0 Å². The first-order valence-electron chi connectivity index (χ1n) is 8.63. The van der Waals surface area contributed by atoms with Crippen molar-refractivity contribution in [3.8, 4) is 0 Å². The standard InChI is InChI=1S/C23H23NO2/c1-16-4-6-17(7-5-16)22(18-8-10-20(11-9-18)23(25)26)19-12-14-21(15-13-19)24(2)3/h4-15,22H,1-3H3,(H,25,26). The second kappa shape index (κ2) is 7.44. The Bertz CT molecular complexity index is 879. The average Bonchev–Trinajstić information content (AvgIpc) is 2.64. The molecule has 26 heavy (non-hydrogen) atoms. The first kappa shape index (κ1) is 17.7. The highest BCUT2D eigenvalue weighted by atomic mass is 16.4. The molecule has 0 aliphatic rings. The maximum absolute atomic E-state index is 11.2. The van der Waals surface area contributed by atoms with Gasteiger partial charge in [-0.2, -0.15) is 0 Å². The van der Waals surface area contributed by atoms with Crippen LogP contribution in [0, 0.1) is 6.92 Å². The van der Waals surface area contributed by atoms with Gasteiger partial charge in [0.25, 0.3) is 0 Å². The number of nitrogens with zero attached hydrogens (tertiary/aromatic N) is 1. The second-order valence-electron chi connectivity index (χ2n) is 6.76. The van der Waals surface area contributed by atoms with E-state index in [9.17, 15) is 4.79 Å². The van der Waals surface area contributed by atoms with Crippen LogP contribution in [0.3, 0.4) is 0 Å². The zero-order valence-corrected chi connectivity index (χ0v) is 15.3. The maximum Gasteiger partial charge on any atom is 0.335 e. The van der Waals surface area contributed by atoms with Crippen molar-refractivity contribution >= 4 is 11.7 Å². The number of carboxylic acids is 1. The minimum atomic E-state index is -0.904. The lowest BCUT2D eigenvalue weighted by molar-refractivity contribution is 0.0697. The second-order valence-corrected chi connectivity index (χ2v) is 6.76. The van der Waals surface area contributed by atoms with Crippen molar-refractivity contribution in [2.45, 2.75) is 12.8 Å². The highest BCUT2D eigenvalue weighted by Gasteiger charge is 2.17. The van der Waals surface area contributed by atoms with Crippen molar-refractivity contribution in [1.29, 1.82) is 0 Å². The molecule has 0 fully saturated rings. The minimum Gasteiger partial charge on any atom is -0.478 e. The molecule has 3 rings (SSSR count). The van der Waals surface area contributed by atoms with Gasteiger partial charge in [-0.25, -0.2) is 4.79 Å². The van der Waals surface area contributed by atoms with Crippen molar-refractivity contribution < 1.29 is 9.90 Å². The molecule has 3 nitrogen and oxygen atoms in total. The normalized spacial score (nSPS) is 11.8. The van der Waals surface area contributed by atoms with E-state index >= 15 is 0 Å². The van der Waals surface area contributed by atoms with Gasteiger partial charge in [-0.3, -0.25) is 0 Å². The Labute approximate surface area is 154 Å². The van der Waals surface area contributed by atoms with Gasteiger partial charge in [-0.05, 0) is 47.9 Å². The first-order valence-corrected chi connectivity index (χ1v) is 8.63. The Morgan fingerprint density at radius 1 is 0.769 bits per heavy atom. The molecule has 0 amide bonds. The van der Waals surface area contributed by atoms with Crippen molar-refractivity contribution in [2.75, 3.05) is 19.0 Å². The van der Waals surface area contributed by atoms with Gasteiger partial charge in [0.2, 0.25) is 0 Å². The van der Waals surface area contributed by atoms with E-state index in [0.29, 0.717) is 5.56 Å². The third kappa shape index (κ3) is 3.77. The van der Waals surface area contributed by atoms with Gasteiger partial charge in [-0.15, -0.1) is 0 Å². The van der Waals surface area contributed by atoms with Crippen LogP contribution in [0.4, 0.5) is 5.69 Å². The SMILES string of the molecule is Cc1ccc(C(c2ccc(C(=O)O)cc2)c2ccc(N(C)C)cc2)cc1. The summed E-state index contributed by atoms with van der Waals surface area (Å²) in [6.07, 6.45) is 0. The third-order valence-corrected chi connectivity index (χ3v) is 4.64. The fourth-order valence-electron chi connectivity index (χ4n) is 3.12. The molecule has 0 aliphatic heterocycles. The van der Waals surface area contributed by atoms with E-state index in [1.165, 1.54) is 16.7 Å². The van der Waals surface area contributed by atoms with Crippen LogP contribution in [-0.2, 0) is 0 Å². The quantitative estimate of drug-likeness (QED) is 0.666. The van der Waals surface area contributed by atoms with Crippen LogP contribution in [0.2, 0.25) is 0 Å². The fourth-order valence-corrected chi connectivity index (χ4v) is 3.12. The summed E-state index contributed by atoms with van der Waals surface area (Å²) in [6, 6.07) is 24.2. The zero-order valence-electron chi connectivity index (χ0n) is 15.3. The largest absolute Gasteiger partial charge is 0.478 e. The molecule has 0 radical (unpaired) electrons. The molecule has 0 saturated carbocycles. The molecular weight excluding hydrogens is 322 g/mol. The van der Waals surface area contributed by atoms with Crippen LogP contribution in [0.1, 0.15) is 38.5 Å². The first-order chi connectivity index (χ1) is 12.5. The number of hydrogen-bond donors (Lipinski definition) is 1. The van der Waals surface area contributed by atoms with Crippen molar-refractivity contribution in [2.24, 2.45) is 0 Å². The summed E-state index contributed by atoms with van der Waals surface area (Å²) in [4.78, 5) is 13.2. The van der Waals surface area contributed by atoms with Crippen LogP contribution in [-0.4, -0.2) is 25.2 Å². The highest BCUT2D eigenvalue weighted by molar-refractivity contribution is 5.87. The molecule has 0 bridgehead atoms. The van der Waals surface area contributed by atoms with Crippen LogP contribution in [0.15, 0.2) is 72.8 Å². The van der Waals surface area contributed by atoms with Crippen molar-refractivity contribution in [3.05, 3.63) is 101 Å². The molecule has 1 N–H and O–H groups in total. The Hall–Kier alpha value is -3.07. The Balaban J connectivity index is 2.06. The monoisotopic (exact) mass is 345 g/mol. The number of hydrogen-bond acceptors (Lipinski definition) is 2. The molecule has 0 aliphatic carbocycles. The number of aromatic carboxylic acids is 1. The molecule has 3 aromatic rings. The zero-order chi connectivity index (χ0) is 18.7.